The minimum atomic E-state index is -1.64. The molecule has 0 radical (unpaired) electrons. The van der Waals surface area contributed by atoms with E-state index < -0.39 is 40.2 Å². The molecule has 164 valence electrons. The van der Waals surface area contributed by atoms with E-state index in [4.69, 9.17) is 9.47 Å². The first-order valence-corrected chi connectivity index (χ1v) is 9.05. The SMILES string of the molecule is COC(=O)C(C(=O)OC)c1cc(OC2CN(C(=O)OC(C)(C)C)C2)ccc1[N+](=O)[O-]. The molecule has 0 unspecified atom stereocenters. The maximum atomic E-state index is 12.1. The highest BCUT2D eigenvalue weighted by atomic mass is 16.6. The minimum Gasteiger partial charge on any atom is -0.487 e. The monoisotopic (exact) mass is 424 g/mol. The van der Waals surface area contributed by atoms with Crippen molar-refractivity contribution in [2.75, 3.05) is 27.3 Å². The third-order valence-electron chi connectivity index (χ3n) is 4.18. The van der Waals surface area contributed by atoms with Crippen molar-refractivity contribution in [1.29, 1.82) is 0 Å². The Kier molecular flexibility index (Phi) is 6.85. The topological polar surface area (TPSA) is 135 Å². The first kappa shape index (κ1) is 22.9. The molecule has 1 aliphatic heterocycles. The molecule has 1 heterocycles. The van der Waals surface area contributed by atoms with Crippen LogP contribution in [-0.2, 0) is 23.8 Å². The maximum absolute atomic E-state index is 12.1. The van der Waals surface area contributed by atoms with E-state index in [1.807, 2.05) is 0 Å². The highest BCUT2D eigenvalue weighted by Crippen LogP contribution is 2.33. The average Bonchev–Trinajstić information content (AvgIpc) is 2.62. The van der Waals surface area contributed by atoms with Crippen LogP contribution in [0.1, 0.15) is 32.3 Å². The van der Waals surface area contributed by atoms with Crippen molar-refractivity contribution in [2.45, 2.75) is 38.4 Å². The summed E-state index contributed by atoms with van der Waals surface area (Å²) in [4.78, 5) is 48.3. The molecule has 1 aliphatic rings. The van der Waals surface area contributed by atoms with Crippen LogP contribution in [0.3, 0.4) is 0 Å². The van der Waals surface area contributed by atoms with E-state index in [1.165, 1.54) is 17.0 Å². The standard InChI is InChI=1S/C19H24N2O9/c1-19(2,3)30-18(24)20-9-12(10-20)29-11-6-7-14(21(25)26)13(8-11)15(16(22)27-4)17(23)28-5/h6-8,12,15H,9-10H2,1-5H3. The summed E-state index contributed by atoms with van der Waals surface area (Å²) in [5.41, 5.74) is -1.28. The zero-order valence-electron chi connectivity index (χ0n) is 17.4. The number of nitrogens with zero attached hydrogens (tertiary/aromatic N) is 2. The van der Waals surface area contributed by atoms with Gasteiger partial charge in [0.05, 0.1) is 37.8 Å². The Morgan fingerprint density at radius 2 is 1.70 bits per heavy atom. The number of likely N-dealkylation sites (tertiary alicyclic amines) is 1. The van der Waals surface area contributed by atoms with E-state index >= 15 is 0 Å². The lowest BCUT2D eigenvalue weighted by Crippen LogP contribution is -2.57. The fourth-order valence-electron chi connectivity index (χ4n) is 2.77. The van der Waals surface area contributed by atoms with Crippen LogP contribution in [0.5, 0.6) is 5.75 Å². The predicted octanol–water partition coefficient (Wildman–Crippen LogP) is 2.02. The number of methoxy groups -OCH3 is 2. The molecule has 11 nitrogen and oxygen atoms in total. The number of carbonyl (C=O) groups is 3. The van der Waals surface area contributed by atoms with E-state index in [9.17, 15) is 24.5 Å². The Balaban J connectivity index is 2.19. The van der Waals surface area contributed by atoms with Crippen LogP contribution in [0.4, 0.5) is 10.5 Å². The van der Waals surface area contributed by atoms with Crippen LogP contribution < -0.4 is 4.74 Å². The van der Waals surface area contributed by atoms with E-state index in [0.717, 1.165) is 20.3 Å². The van der Waals surface area contributed by atoms with Crippen molar-refractivity contribution in [3.8, 4) is 5.75 Å². The molecule has 0 aromatic heterocycles. The van der Waals surface area contributed by atoms with Gasteiger partial charge in [0.1, 0.15) is 17.5 Å². The number of nitro benzene ring substituents is 1. The van der Waals surface area contributed by atoms with Crippen LogP contribution in [0.25, 0.3) is 0 Å². The zero-order chi connectivity index (χ0) is 22.6. The Bertz CT molecular complexity index is 825. The van der Waals surface area contributed by atoms with Gasteiger partial charge in [-0.2, -0.15) is 0 Å². The molecular formula is C19H24N2O9. The van der Waals surface area contributed by atoms with Crippen LogP contribution in [0.2, 0.25) is 0 Å². The fourth-order valence-corrected chi connectivity index (χ4v) is 2.77. The highest BCUT2D eigenvalue weighted by molar-refractivity contribution is 6.01. The molecule has 0 atom stereocenters. The number of amides is 1. The molecule has 1 saturated heterocycles. The minimum absolute atomic E-state index is 0.197. The largest absolute Gasteiger partial charge is 0.487 e. The van der Waals surface area contributed by atoms with Crippen LogP contribution >= 0.6 is 0 Å². The molecule has 1 amide bonds. The summed E-state index contributed by atoms with van der Waals surface area (Å²) in [5.74, 6) is -3.44. The summed E-state index contributed by atoms with van der Waals surface area (Å²) in [6.45, 7) is 5.81. The fraction of sp³-hybridized carbons (Fsp3) is 0.526. The molecule has 1 fully saturated rings. The molecule has 0 saturated carbocycles. The maximum Gasteiger partial charge on any atom is 0.410 e. The molecule has 0 aliphatic carbocycles. The number of carbonyl (C=O) groups excluding carboxylic acids is 3. The summed E-state index contributed by atoms with van der Waals surface area (Å²) in [6, 6.07) is 3.71. The molecule has 2 rings (SSSR count). The van der Waals surface area contributed by atoms with E-state index in [2.05, 4.69) is 9.47 Å². The van der Waals surface area contributed by atoms with Gasteiger partial charge in [-0.05, 0) is 32.9 Å². The Labute approximate surface area is 173 Å². The highest BCUT2D eigenvalue weighted by Gasteiger charge is 2.38. The summed E-state index contributed by atoms with van der Waals surface area (Å²) in [5, 5.41) is 11.4. The number of hydrogen-bond acceptors (Lipinski definition) is 9. The number of rotatable bonds is 6. The van der Waals surface area contributed by atoms with Crippen molar-refractivity contribution in [2.24, 2.45) is 0 Å². The number of esters is 2. The first-order valence-electron chi connectivity index (χ1n) is 9.05. The van der Waals surface area contributed by atoms with Gasteiger partial charge in [0.2, 0.25) is 0 Å². The van der Waals surface area contributed by atoms with Gasteiger partial charge in [0.25, 0.3) is 5.69 Å². The quantitative estimate of drug-likeness (QED) is 0.221. The molecule has 0 N–H and O–H groups in total. The summed E-state index contributed by atoms with van der Waals surface area (Å²) < 4.78 is 20.2. The molecule has 1 aromatic carbocycles. The van der Waals surface area contributed by atoms with Crippen molar-refractivity contribution in [1.82, 2.24) is 4.90 Å². The van der Waals surface area contributed by atoms with Gasteiger partial charge in [0.15, 0.2) is 5.92 Å². The van der Waals surface area contributed by atoms with Crippen LogP contribution in [-0.4, -0.2) is 66.9 Å². The van der Waals surface area contributed by atoms with Gasteiger partial charge in [0, 0.05) is 6.07 Å². The third-order valence-corrected chi connectivity index (χ3v) is 4.18. The van der Waals surface area contributed by atoms with Gasteiger partial charge < -0.3 is 23.8 Å². The van der Waals surface area contributed by atoms with Gasteiger partial charge in [-0.1, -0.05) is 0 Å². The summed E-state index contributed by atoms with van der Waals surface area (Å²) >= 11 is 0. The summed E-state index contributed by atoms with van der Waals surface area (Å²) in [7, 11) is 2.12. The second kappa shape index (κ2) is 8.97. The van der Waals surface area contributed by atoms with Gasteiger partial charge in [-0.25, -0.2) is 4.79 Å². The number of nitro groups is 1. The molecule has 11 heteroatoms. The zero-order valence-corrected chi connectivity index (χ0v) is 17.4. The lowest BCUT2D eigenvalue weighted by atomic mass is 9.97. The van der Waals surface area contributed by atoms with Crippen molar-refractivity contribution >= 4 is 23.7 Å². The van der Waals surface area contributed by atoms with Gasteiger partial charge in [-0.15, -0.1) is 0 Å². The Hall–Kier alpha value is -3.37. The summed E-state index contributed by atoms with van der Waals surface area (Å²) in [6.07, 6.45) is -0.843. The van der Waals surface area contributed by atoms with Crippen molar-refractivity contribution in [3.63, 3.8) is 0 Å². The lowest BCUT2D eigenvalue weighted by Gasteiger charge is -2.39. The molecular weight excluding hydrogens is 400 g/mol. The molecule has 0 spiro atoms. The van der Waals surface area contributed by atoms with Gasteiger partial charge >= 0.3 is 18.0 Å². The second-order valence-electron chi connectivity index (χ2n) is 7.58. The average molecular weight is 424 g/mol. The van der Waals surface area contributed by atoms with Crippen LogP contribution in [0.15, 0.2) is 18.2 Å². The van der Waals surface area contributed by atoms with E-state index in [-0.39, 0.29) is 30.5 Å². The second-order valence-corrected chi connectivity index (χ2v) is 7.58. The first-order chi connectivity index (χ1) is 14.0. The number of hydrogen-bond donors (Lipinski definition) is 0. The molecule has 1 aromatic rings. The normalized spacial score (nSPS) is 14.0. The number of ether oxygens (including phenoxy) is 4. The van der Waals surface area contributed by atoms with Crippen molar-refractivity contribution in [3.05, 3.63) is 33.9 Å². The van der Waals surface area contributed by atoms with E-state index in [1.54, 1.807) is 20.8 Å². The van der Waals surface area contributed by atoms with Gasteiger partial charge in [-0.3, -0.25) is 19.7 Å². The Morgan fingerprint density at radius 1 is 1.13 bits per heavy atom. The van der Waals surface area contributed by atoms with E-state index in [0.29, 0.717) is 0 Å². The van der Waals surface area contributed by atoms with Crippen LogP contribution in [0, 0.1) is 10.1 Å². The third kappa shape index (κ3) is 5.37. The Morgan fingerprint density at radius 3 is 2.17 bits per heavy atom. The van der Waals surface area contributed by atoms with Crippen molar-refractivity contribution < 1.29 is 38.3 Å². The number of benzene rings is 1. The molecule has 0 bridgehead atoms. The smallest absolute Gasteiger partial charge is 0.410 e. The predicted molar refractivity (Wildman–Crippen MR) is 102 cm³/mol. The molecule has 30 heavy (non-hydrogen) atoms. The lowest BCUT2D eigenvalue weighted by molar-refractivity contribution is -0.385.